The van der Waals surface area contributed by atoms with Crippen LogP contribution in [-0.2, 0) is 22.6 Å². The lowest BCUT2D eigenvalue weighted by atomic mass is 9.99. The molecule has 0 fully saturated rings. The lowest BCUT2D eigenvalue weighted by Gasteiger charge is -2.06. The number of esters is 1. The van der Waals surface area contributed by atoms with Crippen LogP contribution in [0.3, 0.4) is 0 Å². The number of ether oxygens (including phenoxy) is 1. The predicted molar refractivity (Wildman–Crippen MR) is 121 cm³/mol. The molecule has 0 unspecified atom stereocenters. The maximum absolute atomic E-state index is 11.1. The van der Waals surface area contributed by atoms with Gasteiger partial charge < -0.3 is 4.74 Å². The Labute approximate surface area is 175 Å². The van der Waals surface area contributed by atoms with E-state index in [9.17, 15) is 4.79 Å². The van der Waals surface area contributed by atoms with Crippen molar-refractivity contribution in [2.45, 2.75) is 40.7 Å². The Morgan fingerprint density at radius 2 is 1.21 bits per heavy atom. The largest absolute Gasteiger partial charge is 0.461 e. The summed E-state index contributed by atoms with van der Waals surface area (Å²) in [6, 6.07) is 29.1. The molecule has 0 aromatic heterocycles. The van der Waals surface area contributed by atoms with Crippen LogP contribution in [0.1, 0.15) is 38.8 Å². The molecule has 0 N–H and O–H groups in total. The first-order chi connectivity index (χ1) is 14.0. The van der Waals surface area contributed by atoms with Crippen LogP contribution in [0.25, 0.3) is 11.1 Å². The highest BCUT2D eigenvalue weighted by Crippen LogP contribution is 2.20. The first kappa shape index (κ1) is 22.4. The van der Waals surface area contributed by atoms with Gasteiger partial charge in [0.15, 0.2) is 0 Å². The van der Waals surface area contributed by atoms with E-state index in [0.29, 0.717) is 6.61 Å². The second kappa shape index (κ2) is 11.9. The van der Waals surface area contributed by atoms with Gasteiger partial charge in [-0.2, -0.15) is 0 Å². The number of carbonyl (C=O) groups excluding carboxylic acids is 1. The van der Waals surface area contributed by atoms with E-state index in [1.807, 2.05) is 44.2 Å². The standard InChI is InChI=1S/C16H18.C11H14O2/c1-13(2)12-14-8-10-16(11-9-14)15-6-4-3-5-7-15;1-9(2)11(12)13-8-10-6-4-3-5-7-10/h3-11,13H,12H2,1-2H3;3-7,9H,8H2,1-2H3. The molecule has 2 heteroatoms. The van der Waals surface area contributed by atoms with E-state index in [2.05, 4.69) is 68.4 Å². The molecule has 3 aromatic carbocycles. The monoisotopic (exact) mass is 388 g/mol. The lowest BCUT2D eigenvalue weighted by molar-refractivity contribution is -0.148. The number of rotatable bonds is 6. The average molecular weight is 389 g/mol. The first-order valence-corrected chi connectivity index (χ1v) is 10.3. The van der Waals surface area contributed by atoms with E-state index < -0.39 is 0 Å². The Morgan fingerprint density at radius 3 is 1.72 bits per heavy atom. The minimum absolute atomic E-state index is 0.0521. The van der Waals surface area contributed by atoms with Crippen LogP contribution in [0.15, 0.2) is 84.9 Å². The van der Waals surface area contributed by atoms with E-state index in [0.717, 1.165) is 17.9 Å². The fraction of sp³-hybridized carbons (Fsp3) is 0.296. The molecule has 2 nitrogen and oxygen atoms in total. The van der Waals surface area contributed by atoms with Crippen LogP contribution in [0.2, 0.25) is 0 Å². The lowest BCUT2D eigenvalue weighted by Crippen LogP contribution is -2.11. The summed E-state index contributed by atoms with van der Waals surface area (Å²) in [6.07, 6.45) is 1.16. The maximum atomic E-state index is 11.1. The van der Waals surface area contributed by atoms with Crippen LogP contribution >= 0.6 is 0 Å². The summed E-state index contributed by atoms with van der Waals surface area (Å²) in [5.41, 5.74) is 5.04. The van der Waals surface area contributed by atoms with Gasteiger partial charge in [0.1, 0.15) is 6.61 Å². The highest BCUT2D eigenvalue weighted by atomic mass is 16.5. The zero-order chi connectivity index (χ0) is 21.1. The Balaban J connectivity index is 0.000000212. The summed E-state index contributed by atoms with van der Waals surface area (Å²) in [6.45, 7) is 8.54. The van der Waals surface area contributed by atoms with Crippen LogP contribution in [0.4, 0.5) is 0 Å². The van der Waals surface area contributed by atoms with Gasteiger partial charge in [-0.05, 0) is 34.6 Å². The molecule has 3 aromatic rings. The van der Waals surface area contributed by atoms with Gasteiger partial charge in [-0.25, -0.2) is 0 Å². The minimum atomic E-state index is -0.149. The van der Waals surface area contributed by atoms with Crippen molar-refractivity contribution < 1.29 is 9.53 Å². The van der Waals surface area contributed by atoms with E-state index >= 15 is 0 Å². The Morgan fingerprint density at radius 1 is 0.690 bits per heavy atom. The molecule has 0 aliphatic heterocycles. The smallest absolute Gasteiger partial charge is 0.308 e. The number of carbonyl (C=O) groups is 1. The number of benzene rings is 3. The predicted octanol–water partition coefficient (Wildman–Crippen LogP) is 6.94. The third-order valence-corrected chi connectivity index (χ3v) is 4.40. The molecule has 0 saturated heterocycles. The highest BCUT2D eigenvalue weighted by Gasteiger charge is 2.07. The fourth-order valence-corrected chi connectivity index (χ4v) is 2.83. The van der Waals surface area contributed by atoms with Crippen molar-refractivity contribution >= 4 is 5.97 Å². The van der Waals surface area contributed by atoms with Crippen molar-refractivity contribution in [2.75, 3.05) is 0 Å². The summed E-state index contributed by atoms with van der Waals surface area (Å²) in [5.74, 6) is 0.523. The van der Waals surface area contributed by atoms with E-state index in [1.165, 1.54) is 16.7 Å². The molecule has 0 aliphatic rings. The van der Waals surface area contributed by atoms with E-state index in [1.54, 1.807) is 0 Å². The molecule has 0 atom stereocenters. The van der Waals surface area contributed by atoms with Crippen molar-refractivity contribution in [1.82, 2.24) is 0 Å². The zero-order valence-electron chi connectivity index (χ0n) is 18.0. The number of hydrogen-bond acceptors (Lipinski definition) is 2. The molecular weight excluding hydrogens is 356 g/mol. The Bertz CT molecular complexity index is 835. The van der Waals surface area contributed by atoms with Gasteiger partial charge in [0.25, 0.3) is 0 Å². The van der Waals surface area contributed by atoms with E-state index in [4.69, 9.17) is 4.74 Å². The second-order valence-corrected chi connectivity index (χ2v) is 7.91. The van der Waals surface area contributed by atoms with Gasteiger partial charge in [-0.1, -0.05) is 113 Å². The molecule has 0 bridgehead atoms. The van der Waals surface area contributed by atoms with Gasteiger partial charge in [0.2, 0.25) is 0 Å². The molecule has 3 rings (SSSR count). The van der Waals surface area contributed by atoms with Crippen LogP contribution < -0.4 is 0 Å². The van der Waals surface area contributed by atoms with Crippen molar-refractivity contribution in [3.05, 3.63) is 96.1 Å². The molecular formula is C27H32O2. The SMILES string of the molecule is CC(C)C(=O)OCc1ccccc1.CC(C)Cc1ccc(-c2ccccc2)cc1. The van der Waals surface area contributed by atoms with Gasteiger partial charge in [0.05, 0.1) is 5.92 Å². The summed E-state index contributed by atoms with van der Waals surface area (Å²) in [7, 11) is 0. The summed E-state index contributed by atoms with van der Waals surface area (Å²) in [4.78, 5) is 11.1. The molecule has 152 valence electrons. The van der Waals surface area contributed by atoms with Gasteiger partial charge in [0, 0.05) is 0 Å². The van der Waals surface area contributed by atoms with Crippen molar-refractivity contribution in [2.24, 2.45) is 11.8 Å². The molecule has 0 heterocycles. The number of hydrogen-bond donors (Lipinski definition) is 0. The highest BCUT2D eigenvalue weighted by molar-refractivity contribution is 5.71. The Hall–Kier alpha value is -2.87. The third-order valence-electron chi connectivity index (χ3n) is 4.40. The Kier molecular flexibility index (Phi) is 9.17. The van der Waals surface area contributed by atoms with Crippen LogP contribution in [-0.4, -0.2) is 5.97 Å². The maximum Gasteiger partial charge on any atom is 0.308 e. The normalized spacial score (nSPS) is 10.4. The summed E-state index contributed by atoms with van der Waals surface area (Å²) >= 11 is 0. The molecule has 0 amide bonds. The average Bonchev–Trinajstić information content (AvgIpc) is 2.74. The first-order valence-electron chi connectivity index (χ1n) is 10.3. The van der Waals surface area contributed by atoms with Gasteiger partial charge in [-0.15, -0.1) is 0 Å². The topological polar surface area (TPSA) is 26.3 Å². The van der Waals surface area contributed by atoms with Crippen LogP contribution in [0, 0.1) is 11.8 Å². The second-order valence-electron chi connectivity index (χ2n) is 7.91. The molecule has 0 aliphatic carbocycles. The summed E-state index contributed by atoms with van der Waals surface area (Å²) < 4.78 is 5.05. The van der Waals surface area contributed by atoms with Crippen molar-refractivity contribution in [3.8, 4) is 11.1 Å². The zero-order valence-corrected chi connectivity index (χ0v) is 18.0. The van der Waals surface area contributed by atoms with Gasteiger partial charge in [-0.3, -0.25) is 4.79 Å². The molecule has 29 heavy (non-hydrogen) atoms. The van der Waals surface area contributed by atoms with Crippen molar-refractivity contribution in [1.29, 1.82) is 0 Å². The van der Waals surface area contributed by atoms with Gasteiger partial charge >= 0.3 is 5.97 Å². The summed E-state index contributed by atoms with van der Waals surface area (Å²) in [5, 5.41) is 0. The molecule has 0 spiro atoms. The fourth-order valence-electron chi connectivity index (χ4n) is 2.83. The minimum Gasteiger partial charge on any atom is -0.461 e. The van der Waals surface area contributed by atoms with E-state index in [-0.39, 0.29) is 11.9 Å². The molecule has 0 radical (unpaired) electrons. The van der Waals surface area contributed by atoms with Crippen molar-refractivity contribution in [3.63, 3.8) is 0 Å². The molecule has 0 saturated carbocycles. The van der Waals surface area contributed by atoms with Crippen LogP contribution in [0.5, 0.6) is 0 Å². The third kappa shape index (κ3) is 8.35. The quantitative estimate of drug-likeness (QED) is 0.428.